The fourth-order valence-corrected chi connectivity index (χ4v) is 1.73. The second-order valence-electron chi connectivity index (χ2n) is 4.05. The van der Waals surface area contributed by atoms with Gasteiger partial charge >= 0.3 is 0 Å². The van der Waals surface area contributed by atoms with E-state index in [-0.39, 0.29) is 11.6 Å². The molecule has 1 nitrogen and oxygen atoms in total. The Morgan fingerprint density at radius 1 is 1.00 bits per heavy atom. The van der Waals surface area contributed by atoms with E-state index in [9.17, 15) is 8.78 Å². The van der Waals surface area contributed by atoms with Crippen LogP contribution >= 0.6 is 0 Å². The number of nitrogens with two attached hydrogens (primary N) is 1. The predicted molar refractivity (Wildman–Crippen MR) is 63.6 cm³/mol. The van der Waals surface area contributed by atoms with Gasteiger partial charge in [-0.15, -0.1) is 0 Å². The van der Waals surface area contributed by atoms with Gasteiger partial charge in [-0.2, -0.15) is 0 Å². The average molecular weight is 233 g/mol. The largest absolute Gasteiger partial charge is 0.320 e. The Balaban J connectivity index is 2.36. The van der Waals surface area contributed by atoms with Gasteiger partial charge in [0.2, 0.25) is 0 Å². The summed E-state index contributed by atoms with van der Waals surface area (Å²) < 4.78 is 26.5. The van der Waals surface area contributed by atoms with Gasteiger partial charge in [-0.1, -0.05) is 24.3 Å². The van der Waals surface area contributed by atoms with Gasteiger partial charge in [-0.3, -0.25) is 0 Å². The zero-order valence-corrected chi connectivity index (χ0v) is 9.45. The van der Waals surface area contributed by atoms with E-state index in [0.717, 1.165) is 5.56 Å². The Hall–Kier alpha value is -1.74. The topological polar surface area (TPSA) is 26.0 Å². The van der Waals surface area contributed by atoms with Gasteiger partial charge in [0.05, 0.1) is 6.04 Å². The lowest BCUT2D eigenvalue weighted by molar-refractivity contribution is 0.597. The van der Waals surface area contributed by atoms with E-state index < -0.39 is 6.04 Å². The molecule has 0 aliphatic carbocycles. The van der Waals surface area contributed by atoms with Crippen LogP contribution in [0.2, 0.25) is 0 Å². The van der Waals surface area contributed by atoms with Gasteiger partial charge in [0.25, 0.3) is 0 Å². The predicted octanol–water partition coefficient (Wildman–Crippen LogP) is 3.32. The van der Waals surface area contributed by atoms with Gasteiger partial charge in [0, 0.05) is 5.56 Å². The molecular formula is C14H13F2N. The summed E-state index contributed by atoms with van der Waals surface area (Å²) in [5.41, 5.74) is 7.91. The summed E-state index contributed by atoms with van der Waals surface area (Å²) in [7, 11) is 0. The minimum Gasteiger partial charge on any atom is -0.320 e. The van der Waals surface area contributed by atoms with Crippen molar-refractivity contribution in [1.82, 2.24) is 0 Å². The van der Waals surface area contributed by atoms with Crippen LogP contribution < -0.4 is 5.73 Å². The molecule has 0 saturated heterocycles. The molecule has 0 amide bonds. The zero-order chi connectivity index (χ0) is 12.4. The van der Waals surface area contributed by atoms with E-state index in [1.165, 1.54) is 18.2 Å². The molecule has 2 N–H and O–H groups in total. The van der Waals surface area contributed by atoms with E-state index in [1.54, 1.807) is 18.2 Å². The molecule has 0 bridgehead atoms. The molecule has 0 aliphatic heterocycles. The third kappa shape index (κ3) is 2.50. The van der Waals surface area contributed by atoms with Crippen LogP contribution in [0.4, 0.5) is 8.78 Å². The Morgan fingerprint density at radius 3 is 2.24 bits per heavy atom. The number of rotatable bonds is 2. The monoisotopic (exact) mass is 233 g/mol. The van der Waals surface area contributed by atoms with Gasteiger partial charge in [0.1, 0.15) is 11.6 Å². The van der Waals surface area contributed by atoms with Crippen molar-refractivity contribution in [3.63, 3.8) is 0 Å². The molecule has 0 heterocycles. The first-order chi connectivity index (χ1) is 8.08. The molecule has 3 heteroatoms. The van der Waals surface area contributed by atoms with Crippen LogP contribution in [0.5, 0.6) is 0 Å². The number of benzene rings is 2. The quantitative estimate of drug-likeness (QED) is 0.846. The van der Waals surface area contributed by atoms with Crippen molar-refractivity contribution in [3.8, 4) is 0 Å². The number of hydrogen-bond donors (Lipinski definition) is 1. The van der Waals surface area contributed by atoms with Crippen molar-refractivity contribution in [3.05, 3.63) is 70.8 Å². The normalized spacial score (nSPS) is 12.5. The molecule has 17 heavy (non-hydrogen) atoms. The molecule has 2 aromatic rings. The van der Waals surface area contributed by atoms with Gasteiger partial charge in [-0.05, 0) is 36.2 Å². The van der Waals surface area contributed by atoms with Crippen LogP contribution in [0.15, 0.2) is 42.5 Å². The highest BCUT2D eigenvalue weighted by Gasteiger charge is 2.13. The molecular weight excluding hydrogens is 220 g/mol. The van der Waals surface area contributed by atoms with E-state index in [0.29, 0.717) is 11.1 Å². The van der Waals surface area contributed by atoms with E-state index in [1.807, 2.05) is 13.0 Å². The highest BCUT2D eigenvalue weighted by molar-refractivity contribution is 5.34. The Morgan fingerprint density at radius 2 is 1.65 bits per heavy atom. The van der Waals surface area contributed by atoms with Crippen LogP contribution in [0.25, 0.3) is 0 Å². The lowest BCUT2D eigenvalue weighted by Crippen LogP contribution is -2.13. The summed E-state index contributed by atoms with van der Waals surface area (Å²) in [6, 6.07) is 10.1. The lowest BCUT2D eigenvalue weighted by atomic mass is 9.98. The maximum Gasteiger partial charge on any atom is 0.128 e. The lowest BCUT2D eigenvalue weighted by Gasteiger charge is -2.13. The highest BCUT2D eigenvalue weighted by atomic mass is 19.1. The van der Waals surface area contributed by atoms with Crippen LogP contribution in [0.3, 0.4) is 0 Å². The molecule has 0 fully saturated rings. The summed E-state index contributed by atoms with van der Waals surface area (Å²) in [5, 5.41) is 0. The van der Waals surface area contributed by atoms with Crippen LogP contribution in [-0.2, 0) is 0 Å². The molecule has 2 aromatic carbocycles. The summed E-state index contributed by atoms with van der Waals surface area (Å²) in [6.45, 7) is 1.82. The Bertz CT molecular complexity index is 520. The summed E-state index contributed by atoms with van der Waals surface area (Å²) in [5.74, 6) is -0.660. The summed E-state index contributed by atoms with van der Waals surface area (Å²) in [6.07, 6.45) is 0. The van der Waals surface area contributed by atoms with E-state index >= 15 is 0 Å². The maximum absolute atomic E-state index is 13.7. The van der Waals surface area contributed by atoms with Crippen molar-refractivity contribution >= 4 is 0 Å². The second kappa shape index (κ2) is 4.63. The summed E-state index contributed by atoms with van der Waals surface area (Å²) >= 11 is 0. The molecule has 0 radical (unpaired) electrons. The molecule has 2 rings (SSSR count). The van der Waals surface area contributed by atoms with E-state index in [2.05, 4.69) is 0 Å². The number of halogens is 2. The van der Waals surface area contributed by atoms with E-state index in [4.69, 9.17) is 5.73 Å². The number of aryl methyl sites for hydroxylation is 1. The zero-order valence-electron chi connectivity index (χ0n) is 9.45. The van der Waals surface area contributed by atoms with Crippen molar-refractivity contribution < 1.29 is 8.78 Å². The first kappa shape index (κ1) is 11.7. The third-order valence-electron chi connectivity index (χ3n) is 2.72. The van der Waals surface area contributed by atoms with Gasteiger partial charge in [0.15, 0.2) is 0 Å². The standard InChI is InChI=1S/C14H13F2N/c1-9-2-7-12(13(16)8-9)14(17)10-3-5-11(15)6-4-10/h2-8,14H,17H2,1H3. The Kier molecular flexibility index (Phi) is 3.20. The van der Waals surface area contributed by atoms with Gasteiger partial charge < -0.3 is 5.73 Å². The van der Waals surface area contributed by atoms with Crippen molar-refractivity contribution in [2.24, 2.45) is 5.73 Å². The van der Waals surface area contributed by atoms with Crippen LogP contribution in [0, 0.1) is 18.6 Å². The van der Waals surface area contributed by atoms with Crippen molar-refractivity contribution in [2.75, 3.05) is 0 Å². The SMILES string of the molecule is Cc1ccc(C(N)c2ccc(F)cc2)c(F)c1. The minimum atomic E-state index is -0.573. The minimum absolute atomic E-state index is 0.328. The first-order valence-corrected chi connectivity index (χ1v) is 5.35. The molecule has 1 atom stereocenters. The molecule has 0 aromatic heterocycles. The molecule has 0 aliphatic rings. The summed E-state index contributed by atoms with van der Waals surface area (Å²) in [4.78, 5) is 0. The average Bonchev–Trinajstić information content (AvgIpc) is 2.29. The molecule has 0 spiro atoms. The van der Waals surface area contributed by atoms with Crippen molar-refractivity contribution in [1.29, 1.82) is 0 Å². The molecule has 1 unspecified atom stereocenters. The molecule has 0 saturated carbocycles. The fraction of sp³-hybridized carbons (Fsp3) is 0.143. The molecule has 88 valence electrons. The fourth-order valence-electron chi connectivity index (χ4n) is 1.73. The second-order valence-corrected chi connectivity index (χ2v) is 4.05. The van der Waals surface area contributed by atoms with Gasteiger partial charge in [-0.25, -0.2) is 8.78 Å². The van der Waals surface area contributed by atoms with Crippen molar-refractivity contribution in [2.45, 2.75) is 13.0 Å². The number of hydrogen-bond acceptors (Lipinski definition) is 1. The Labute approximate surface area is 98.9 Å². The maximum atomic E-state index is 13.7. The first-order valence-electron chi connectivity index (χ1n) is 5.35. The third-order valence-corrected chi connectivity index (χ3v) is 2.72. The highest BCUT2D eigenvalue weighted by Crippen LogP contribution is 2.23. The smallest absolute Gasteiger partial charge is 0.128 e. The van der Waals surface area contributed by atoms with Crippen LogP contribution in [0.1, 0.15) is 22.7 Å². The van der Waals surface area contributed by atoms with Crippen LogP contribution in [-0.4, -0.2) is 0 Å².